The van der Waals surface area contributed by atoms with Gasteiger partial charge in [0.25, 0.3) is 0 Å². The topological polar surface area (TPSA) is 3.24 Å². The highest BCUT2D eigenvalue weighted by Gasteiger charge is 2.44. The van der Waals surface area contributed by atoms with Crippen molar-refractivity contribution in [1.82, 2.24) is 4.90 Å². The Kier molecular flexibility index (Phi) is 3.87. The fourth-order valence-corrected chi connectivity index (χ4v) is 2.79. The van der Waals surface area contributed by atoms with Crippen molar-refractivity contribution in [1.29, 1.82) is 0 Å². The first-order valence-electron chi connectivity index (χ1n) is 5.52. The Morgan fingerprint density at radius 1 is 1.36 bits per heavy atom. The normalized spacial score (nSPS) is 28.3. The zero-order chi connectivity index (χ0) is 10.8. The molecule has 1 rings (SSSR count). The van der Waals surface area contributed by atoms with Gasteiger partial charge in [-0.1, -0.05) is 13.8 Å². The van der Waals surface area contributed by atoms with Crippen LogP contribution in [-0.2, 0) is 0 Å². The molecule has 1 aliphatic rings. The highest BCUT2D eigenvalue weighted by atomic mass is 19.3. The molecule has 84 valence electrons. The van der Waals surface area contributed by atoms with Gasteiger partial charge in [0, 0.05) is 12.5 Å². The number of alkyl halides is 2. The number of halogens is 2. The zero-order valence-electron chi connectivity index (χ0n) is 9.39. The van der Waals surface area contributed by atoms with E-state index in [1.165, 1.54) is 0 Å². The van der Waals surface area contributed by atoms with Gasteiger partial charge in [0.1, 0.15) is 0 Å². The molecule has 0 radical (unpaired) electrons. The number of piperidine rings is 1. The van der Waals surface area contributed by atoms with Crippen molar-refractivity contribution in [3.63, 3.8) is 0 Å². The van der Waals surface area contributed by atoms with E-state index < -0.39 is 12.3 Å². The van der Waals surface area contributed by atoms with Gasteiger partial charge < -0.3 is 4.90 Å². The average Bonchev–Trinajstić information content (AvgIpc) is 2.16. The Labute approximate surface area is 85.5 Å². The molecule has 0 amide bonds. The van der Waals surface area contributed by atoms with Gasteiger partial charge in [-0.05, 0) is 38.3 Å². The van der Waals surface area contributed by atoms with Crippen LogP contribution in [0.4, 0.5) is 8.78 Å². The summed E-state index contributed by atoms with van der Waals surface area (Å²) in [7, 11) is 2.03. The van der Waals surface area contributed by atoms with E-state index in [2.05, 4.69) is 4.90 Å². The van der Waals surface area contributed by atoms with Gasteiger partial charge in [-0.25, -0.2) is 8.78 Å². The van der Waals surface area contributed by atoms with Crippen LogP contribution in [0.1, 0.15) is 33.1 Å². The predicted molar refractivity (Wildman–Crippen MR) is 54.6 cm³/mol. The molecule has 3 heteroatoms. The molecule has 1 fully saturated rings. The van der Waals surface area contributed by atoms with Crippen LogP contribution in [-0.4, -0.2) is 31.5 Å². The van der Waals surface area contributed by atoms with Gasteiger partial charge in [-0.3, -0.25) is 0 Å². The summed E-state index contributed by atoms with van der Waals surface area (Å²) in [4.78, 5) is 2.19. The summed E-state index contributed by atoms with van der Waals surface area (Å²) < 4.78 is 25.8. The first-order valence-corrected chi connectivity index (χ1v) is 5.52. The average molecular weight is 205 g/mol. The molecule has 0 unspecified atom stereocenters. The predicted octanol–water partition coefficient (Wildman–Crippen LogP) is 3.01. The first kappa shape index (κ1) is 11.9. The van der Waals surface area contributed by atoms with Crippen molar-refractivity contribution < 1.29 is 8.78 Å². The second-order valence-electron chi connectivity index (χ2n) is 4.54. The molecule has 0 aromatic carbocycles. The van der Waals surface area contributed by atoms with Crippen LogP contribution in [0, 0.1) is 11.3 Å². The Bertz CT molecular complexity index is 178. The molecule has 0 bridgehead atoms. The molecule has 0 N–H and O–H groups in total. The van der Waals surface area contributed by atoms with Crippen LogP contribution in [0.25, 0.3) is 0 Å². The van der Waals surface area contributed by atoms with Gasteiger partial charge in [0.2, 0.25) is 6.43 Å². The summed E-state index contributed by atoms with van der Waals surface area (Å²) in [6.07, 6.45) is 0.227. The van der Waals surface area contributed by atoms with Crippen LogP contribution in [0.15, 0.2) is 0 Å². The monoisotopic (exact) mass is 205 g/mol. The molecule has 0 spiro atoms. The maximum absolute atomic E-state index is 12.9. The largest absolute Gasteiger partial charge is 0.306 e. The molecule has 0 aromatic rings. The molecule has 14 heavy (non-hydrogen) atoms. The van der Waals surface area contributed by atoms with Crippen LogP contribution < -0.4 is 0 Å². The van der Waals surface area contributed by atoms with E-state index in [0.29, 0.717) is 6.42 Å². The van der Waals surface area contributed by atoms with E-state index >= 15 is 0 Å². The fraction of sp³-hybridized carbons (Fsp3) is 1.00. The summed E-state index contributed by atoms with van der Waals surface area (Å²) in [6.45, 7) is 5.72. The molecule has 0 aromatic heterocycles. The highest BCUT2D eigenvalue weighted by molar-refractivity contribution is 4.92. The van der Waals surface area contributed by atoms with Crippen LogP contribution in [0.3, 0.4) is 0 Å². The molecule has 0 aliphatic carbocycles. The smallest absolute Gasteiger partial charge is 0.242 e. The Balaban J connectivity index is 2.81. The summed E-state index contributed by atoms with van der Waals surface area (Å²) in [5.74, 6) is -0.395. The number of likely N-dealkylation sites (tertiary alicyclic amines) is 1. The van der Waals surface area contributed by atoms with E-state index in [9.17, 15) is 8.78 Å². The SMILES string of the molecule is CCC1(CC)CN(C)CC[C@@H]1C(F)F. The molecular formula is C11H21F2N. The van der Waals surface area contributed by atoms with Crippen molar-refractivity contribution in [3.8, 4) is 0 Å². The number of rotatable bonds is 3. The summed E-state index contributed by atoms with van der Waals surface area (Å²) in [5, 5.41) is 0. The second-order valence-corrected chi connectivity index (χ2v) is 4.54. The Morgan fingerprint density at radius 3 is 2.36 bits per heavy atom. The number of hydrogen-bond acceptors (Lipinski definition) is 1. The van der Waals surface area contributed by atoms with Gasteiger partial charge in [0.15, 0.2) is 0 Å². The third kappa shape index (κ3) is 2.08. The lowest BCUT2D eigenvalue weighted by Crippen LogP contribution is -2.49. The maximum atomic E-state index is 12.9. The van der Waals surface area contributed by atoms with Crippen LogP contribution in [0.5, 0.6) is 0 Å². The Hall–Kier alpha value is -0.180. The maximum Gasteiger partial charge on any atom is 0.242 e. The summed E-state index contributed by atoms with van der Waals surface area (Å²) >= 11 is 0. The van der Waals surface area contributed by atoms with Crippen molar-refractivity contribution in [3.05, 3.63) is 0 Å². The molecule has 1 saturated heterocycles. The van der Waals surface area contributed by atoms with Gasteiger partial charge in [-0.2, -0.15) is 0 Å². The Morgan fingerprint density at radius 2 is 1.93 bits per heavy atom. The van der Waals surface area contributed by atoms with Crippen molar-refractivity contribution in [2.45, 2.75) is 39.5 Å². The molecular weight excluding hydrogens is 184 g/mol. The van der Waals surface area contributed by atoms with E-state index in [1.807, 2.05) is 20.9 Å². The van der Waals surface area contributed by atoms with Gasteiger partial charge >= 0.3 is 0 Å². The third-order valence-electron chi connectivity index (χ3n) is 3.91. The summed E-state index contributed by atoms with van der Waals surface area (Å²) in [6, 6.07) is 0. The first-order chi connectivity index (χ1) is 6.55. The fourth-order valence-electron chi connectivity index (χ4n) is 2.79. The lowest BCUT2D eigenvalue weighted by molar-refractivity contribution is -0.0609. The molecule has 1 heterocycles. The van der Waals surface area contributed by atoms with E-state index in [0.717, 1.165) is 25.9 Å². The second kappa shape index (κ2) is 4.56. The minimum atomic E-state index is -2.15. The lowest BCUT2D eigenvalue weighted by atomic mass is 9.67. The van der Waals surface area contributed by atoms with Gasteiger partial charge in [-0.15, -0.1) is 0 Å². The lowest BCUT2D eigenvalue weighted by Gasteiger charge is -2.46. The summed E-state index contributed by atoms with van der Waals surface area (Å²) in [5.41, 5.74) is -0.152. The molecule has 1 atom stereocenters. The minimum Gasteiger partial charge on any atom is -0.306 e. The molecule has 1 aliphatic heterocycles. The quantitative estimate of drug-likeness (QED) is 0.684. The van der Waals surface area contributed by atoms with Crippen molar-refractivity contribution in [2.75, 3.05) is 20.1 Å². The zero-order valence-corrected chi connectivity index (χ0v) is 9.39. The van der Waals surface area contributed by atoms with E-state index in [4.69, 9.17) is 0 Å². The highest BCUT2D eigenvalue weighted by Crippen LogP contribution is 2.44. The standard InChI is InChI=1S/C11H21F2N/c1-4-11(5-2)8-14(3)7-6-9(11)10(12)13/h9-10H,4-8H2,1-3H3/t9-/m1/s1. The molecule has 0 saturated carbocycles. The van der Waals surface area contributed by atoms with Gasteiger partial charge in [0.05, 0.1) is 0 Å². The van der Waals surface area contributed by atoms with Crippen LogP contribution in [0.2, 0.25) is 0 Å². The van der Waals surface area contributed by atoms with Crippen LogP contribution >= 0.6 is 0 Å². The van der Waals surface area contributed by atoms with E-state index in [1.54, 1.807) is 0 Å². The number of nitrogens with zero attached hydrogens (tertiary/aromatic N) is 1. The third-order valence-corrected chi connectivity index (χ3v) is 3.91. The number of hydrogen-bond donors (Lipinski definition) is 0. The van der Waals surface area contributed by atoms with Crippen molar-refractivity contribution in [2.24, 2.45) is 11.3 Å². The minimum absolute atomic E-state index is 0.152. The van der Waals surface area contributed by atoms with E-state index in [-0.39, 0.29) is 5.41 Å². The van der Waals surface area contributed by atoms with Crippen molar-refractivity contribution >= 4 is 0 Å². The molecule has 1 nitrogen and oxygen atoms in total.